The molecule has 1 aromatic rings. The summed E-state index contributed by atoms with van der Waals surface area (Å²) in [7, 11) is 1.17. The van der Waals surface area contributed by atoms with Crippen LogP contribution in [0, 0.1) is 0 Å². The quantitative estimate of drug-likeness (QED) is 0.689. The van der Waals surface area contributed by atoms with Crippen LogP contribution in [0.3, 0.4) is 0 Å². The molecule has 21 heavy (non-hydrogen) atoms. The molecule has 1 aromatic carbocycles. The van der Waals surface area contributed by atoms with Crippen molar-refractivity contribution < 1.29 is 24.2 Å². The highest BCUT2D eigenvalue weighted by Gasteiger charge is 2.17. The predicted molar refractivity (Wildman–Crippen MR) is 73.4 cm³/mol. The fourth-order valence-electron chi connectivity index (χ4n) is 1.53. The van der Waals surface area contributed by atoms with Gasteiger partial charge in [-0.3, -0.25) is 4.79 Å². The van der Waals surface area contributed by atoms with Crippen LogP contribution in [0.1, 0.15) is 5.56 Å². The van der Waals surface area contributed by atoms with Crippen molar-refractivity contribution in [2.75, 3.05) is 20.2 Å². The molecule has 0 aliphatic heterocycles. The van der Waals surface area contributed by atoms with Crippen LogP contribution in [0.4, 0.5) is 9.59 Å². The highest BCUT2D eigenvalue weighted by atomic mass is 16.5. The Kier molecular flexibility index (Phi) is 6.52. The van der Waals surface area contributed by atoms with Gasteiger partial charge in [-0.05, 0) is 12.0 Å². The van der Waals surface area contributed by atoms with E-state index in [-0.39, 0.29) is 6.54 Å². The van der Waals surface area contributed by atoms with Gasteiger partial charge in [-0.15, -0.1) is 0 Å². The molecule has 0 spiro atoms. The van der Waals surface area contributed by atoms with E-state index in [9.17, 15) is 14.4 Å². The Morgan fingerprint density at radius 2 is 1.90 bits per heavy atom. The first kappa shape index (κ1) is 16.3. The molecular formula is C13H17N3O5. The van der Waals surface area contributed by atoms with Crippen LogP contribution in [0.2, 0.25) is 0 Å². The van der Waals surface area contributed by atoms with Crippen molar-refractivity contribution in [1.29, 1.82) is 0 Å². The molecule has 3 N–H and O–H groups in total. The molecule has 0 bridgehead atoms. The van der Waals surface area contributed by atoms with Gasteiger partial charge in [0, 0.05) is 6.54 Å². The minimum absolute atomic E-state index is 0.194. The lowest BCUT2D eigenvalue weighted by atomic mass is 10.1. The van der Waals surface area contributed by atoms with Gasteiger partial charge in [0.25, 0.3) is 5.91 Å². The molecule has 3 amide bonds. The summed E-state index contributed by atoms with van der Waals surface area (Å²) >= 11 is 0. The number of benzene rings is 1. The Labute approximate surface area is 121 Å². The first-order chi connectivity index (χ1) is 10.0. The Balaban J connectivity index is 2.60. The second-order valence-corrected chi connectivity index (χ2v) is 4.04. The number of hydrogen-bond donors (Lipinski definition) is 3. The second-order valence-electron chi connectivity index (χ2n) is 4.04. The molecule has 0 saturated heterocycles. The van der Waals surface area contributed by atoms with E-state index in [0.29, 0.717) is 6.42 Å². The standard InChI is InChI=1S/C13H17N3O5/c1-21-13(20)15-16(11(17)9-14-12(18)19)8-7-10-5-3-2-4-6-10/h2-6,14H,7-9H2,1H3,(H,15,20)(H,18,19). The third-order valence-electron chi connectivity index (χ3n) is 2.57. The smallest absolute Gasteiger partial charge is 0.425 e. The molecule has 0 aliphatic rings. The maximum absolute atomic E-state index is 11.9. The van der Waals surface area contributed by atoms with Crippen LogP contribution in [-0.2, 0) is 16.0 Å². The van der Waals surface area contributed by atoms with E-state index >= 15 is 0 Å². The first-order valence-corrected chi connectivity index (χ1v) is 6.18. The maximum Gasteiger partial charge on any atom is 0.425 e. The molecule has 0 heterocycles. The third-order valence-corrected chi connectivity index (χ3v) is 2.57. The zero-order valence-corrected chi connectivity index (χ0v) is 11.5. The van der Waals surface area contributed by atoms with Crippen molar-refractivity contribution in [1.82, 2.24) is 15.8 Å². The lowest BCUT2D eigenvalue weighted by Gasteiger charge is -2.22. The number of rotatable bonds is 5. The number of nitrogens with one attached hydrogen (secondary N) is 2. The molecule has 8 nitrogen and oxygen atoms in total. The van der Waals surface area contributed by atoms with Gasteiger partial charge in [0.05, 0.1) is 7.11 Å². The Morgan fingerprint density at radius 1 is 1.24 bits per heavy atom. The van der Waals surface area contributed by atoms with Crippen molar-refractivity contribution in [2.45, 2.75) is 6.42 Å². The van der Waals surface area contributed by atoms with Crippen molar-refractivity contribution in [3.05, 3.63) is 35.9 Å². The molecule has 0 saturated carbocycles. The number of carbonyl (C=O) groups excluding carboxylic acids is 2. The van der Waals surface area contributed by atoms with E-state index in [1.165, 1.54) is 7.11 Å². The molecule has 0 unspecified atom stereocenters. The average Bonchev–Trinajstić information content (AvgIpc) is 2.49. The molecule has 0 aromatic heterocycles. The van der Waals surface area contributed by atoms with Crippen LogP contribution in [0.5, 0.6) is 0 Å². The van der Waals surface area contributed by atoms with Crippen molar-refractivity contribution in [3.8, 4) is 0 Å². The lowest BCUT2D eigenvalue weighted by Crippen LogP contribution is -2.50. The number of carboxylic acid groups (broad SMARTS) is 1. The summed E-state index contributed by atoms with van der Waals surface area (Å²) < 4.78 is 4.43. The van der Waals surface area contributed by atoms with Crippen LogP contribution >= 0.6 is 0 Å². The van der Waals surface area contributed by atoms with E-state index in [4.69, 9.17) is 5.11 Å². The largest absolute Gasteiger partial charge is 0.465 e. The van der Waals surface area contributed by atoms with Gasteiger partial charge in [-0.2, -0.15) is 0 Å². The van der Waals surface area contributed by atoms with E-state index in [1.54, 1.807) is 0 Å². The predicted octanol–water partition coefficient (Wildman–Crippen LogP) is 0.596. The monoisotopic (exact) mass is 295 g/mol. The Hall–Kier alpha value is -2.77. The number of hydrazine groups is 1. The summed E-state index contributed by atoms with van der Waals surface area (Å²) in [6.07, 6.45) is -1.61. The summed E-state index contributed by atoms with van der Waals surface area (Å²) in [5, 5.41) is 11.5. The van der Waals surface area contributed by atoms with Gasteiger partial charge in [0.1, 0.15) is 6.54 Å². The van der Waals surface area contributed by atoms with Crippen molar-refractivity contribution in [3.63, 3.8) is 0 Å². The molecular weight excluding hydrogens is 278 g/mol. The SMILES string of the molecule is COC(=O)NN(CCc1ccccc1)C(=O)CNC(=O)O. The number of nitrogens with zero attached hydrogens (tertiary/aromatic N) is 1. The Morgan fingerprint density at radius 3 is 2.48 bits per heavy atom. The number of ether oxygens (including phenoxy) is 1. The van der Waals surface area contributed by atoms with Gasteiger partial charge in [-0.25, -0.2) is 20.0 Å². The normalized spacial score (nSPS) is 9.57. The molecule has 0 aliphatic carbocycles. The third kappa shape index (κ3) is 6.28. The minimum Gasteiger partial charge on any atom is -0.465 e. The topological polar surface area (TPSA) is 108 Å². The molecule has 0 fully saturated rings. The fraction of sp³-hybridized carbons (Fsp3) is 0.308. The second kappa shape index (κ2) is 8.41. The highest BCUT2D eigenvalue weighted by Crippen LogP contribution is 2.01. The molecule has 0 atom stereocenters. The van der Waals surface area contributed by atoms with E-state index in [2.05, 4.69) is 10.2 Å². The summed E-state index contributed by atoms with van der Waals surface area (Å²) in [4.78, 5) is 33.5. The van der Waals surface area contributed by atoms with Crippen molar-refractivity contribution >= 4 is 18.1 Å². The number of hydrogen-bond acceptors (Lipinski definition) is 4. The molecule has 114 valence electrons. The highest BCUT2D eigenvalue weighted by molar-refractivity contribution is 5.83. The van der Waals surface area contributed by atoms with E-state index < -0.39 is 24.6 Å². The average molecular weight is 295 g/mol. The summed E-state index contributed by atoms with van der Waals surface area (Å²) in [5.41, 5.74) is 3.23. The zero-order chi connectivity index (χ0) is 15.7. The summed E-state index contributed by atoms with van der Waals surface area (Å²) in [6.45, 7) is -0.243. The van der Waals surface area contributed by atoms with E-state index in [1.807, 2.05) is 35.6 Å². The zero-order valence-electron chi connectivity index (χ0n) is 11.5. The molecule has 8 heteroatoms. The number of amides is 3. The fourth-order valence-corrected chi connectivity index (χ4v) is 1.53. The van der Waals surface area contributed by atoms with E-state index in [0.717, 1.165) is 10.6 Å². The van der Waals surface area contributed by atoms with Gasteiger partial charge in [0.2, 0.25) is 0 Å². The Bertz CT molecular complexity index is 492. The van der Waals surface area contributed by atoms with Gasteiger partial charge in [-0.1, -0.05) is 30.3 Å². The van der Waals surface area contributed by atoms with Gasteiger partial charge >= 0.3 is 12.2 Å². The first-order valence-electron chi connectivity index (χ1n) is 6.18. The molecule has 0 radical (unpaired) electrons. The minimum atomic E-state index is -1.32. The van der Waals surface area contributed by atoms with Crippen LogP contribution in [-0.4, -0.2) is 48.4 Å². The van der Waals surface area contributed by atoms with Gasteiger partial charge < -0.3 is 15.2 Å². The maximum atomic E-state index is 11.9. The number of methoxy groups -OCH3 is 1. The van der Waals surface area contributed by atoms with Crippen LogP contribution in [0.15, 0.2) is 30.3 Å². The number of carbonyl (C=O) groups is 3. The summed E-state index contributed by atoms with van der Waals surface area (Å²) in [5.74, 6) is -0.585. The summed E-state index contributed by atoms with van der Waals surface area (Å²) in [6, 6.07) is 9.37. The van der Waals surface area contributed by atoms with Crippen LogP contribution in [0.25, 0.3) is 0 Å². The van der Waals surface area contributed by atoms with Crippen molar-refractivity contribution in [2.24, 2.45) is 0 Å². The van der Waals surface area contributed by atoms with Gasteiger partial charge in [0.15, 0.2) is 0 Å². The van der Waals surface area contributed by atoms with Crippen LogP contribution < -0.4 is 10.7 Å². The molecule has 1 rings (SSSR count). The lowest BCUT2D eigenvalue weighted by molar-refractivity contribution is -0.132.